The van der Waals surface area contributed by atoms with Crippen LogP contribution in [0.4, 0.5) is 5.69 Å². The SMILES string of the molecule is CC(=O)c1ccc(N2CCN([C@@H](C)C(=O)NC3CCC(C)CC3)CC2)cc1. The van der Waals surface area contributed by atoms with Crippen molar-refractivity contribution >= 4 is 17.4 Å². The summed E-state index contributed by atoms with van der Waals surface area (Å²) < 4.78 is 0. The monoisotopic (exact) mass is 371 g/mol. The van der Waals surface area contributed by atoms with E-state index in [4.69, 9.17) is 0 Å². The summed E-state index contributed by atoms with van der Waals surface area (Å²) in [6.45, 7) is 9.48. The molecule has 3 rings (SSSR count). The number of carbonyl (C=O) groups excluding carboxylic acids is 2. The second kappa shape index (κ2) is 8.87. The van der Waals surface area contributed by atoms with Crippen LogP contribution in [0.3, 0.4) is 0 Å². The standard InChI is InChI=1S/C22H33N3O2/c1-16-4-8-20(9-5-16)23-22(27)17(2)24-12-14-25(15-13-24)21-10-6-19(7-11-21)18(3)26/h6-7,10-11,16-17,20H,4-5,8-9,12-15H2,1-3H3,(H,23,27)/t16?,17-,20?/m0/s1. The Kier molecular flexibility index (Phi) is 6.53. The first-order valence-corrected chi connectivity index (χ1v) is 10.3. The average Bonchev–Trinajstić information content (AvgIpc) is 2.69. The molecule has 5 nitrogen and oxygen atoms in total. The molecule has 0 bridgehead atoms. The van der Waals surface area contributed by atoms with Crippen LogP contribution in [0.25, 0.3) is 0 Å². The molecule has 1 aliphatic heterocycles. The molecule has 0 aromatic heterocycles. The fourth-order valence-corrected chi connectivity index (χ4v) is 4.17. The van der Waals surface area contributed by atoms with E-state index in [9.17, 15) is 9.59 Å². The van der Waals surface area contributed by atoms with E-state index in [-0.39, 0.29) is 17.7 Å². The number of amides is 1. The van der Waals surface area contributed by atoms with Crippen LogP contribution >= 0.6 is 0 Å². The highest BCUT2D eigenvalue weighted by Gasteiger charge is 2.28. The lowest BCUT2D eigenvalue weighted by molar-refractivity contribution is -0.127. The van der Waals surface area contributed by atoms with Gasteiger partial charge in [-0.25, -0.2) is 0 Å². The highest BCUT2D eigenvalue weighted by Crippen LogP contribution is 2.24. The maximum absolute atomic E-state index is 12.6. The molecule has 0 unspecified atom stereocenters. The van der Waals surface area contributed by atoms with Gasteiger partial charge in [0.25, 0.3) is 0 Å². The summed E-state index contributed by atoms with van der Waals surface area (Å²) in [6.07, 6.45) is 4.67. The number of nitrogens with one attached hydrogen (secondary N) is 1. The first-order valence-electron chi connectivity index (χ1n) is 10.3. The van der Waals surface area contributed by atoms with Gasteiger partial charge in [0.15, 0.2) is 5.78 Å². The zero-order valence-electron chi connectivity index (χ0n) is 16.9. The zero-order chi connectivity index (χ0) is 19.4. The molecule has 148 valence electrons. The Labute approximate surface area is 163 Å². The predicted molar refractivity (Wildman–Crippen MR) is 109 cm³/mol. The van der Waals surface area contributed by atoms with Crippen molar-refractivity contribution in [2.75, 3.05) is 31.1 Å². The van der Waals surface area contributed by atoms with E-state index in [1.165, 1.54) is 12.8 Å². The second-order valence-corrected chi connectivity index (χ2v) is 8.27. The van der Waals surface area contributed by atoms with E-state index in [0.29, 0.717) is 6.04 Å². The van der Waals surface area contributed by atoms with Crippen LogP contribution in [0.1, 0.15) is 56.8 Å². The van der Waals surface area contributed by atoms with Crippen molar-refractivity contribution in [1.29, 1.82) is 0 Å². The molecule has 0 spiro atoms. The third kappa shape index (κ3) is 5.10. The molecule has 2 aliphatic rings. The first-order chi connectivity index (χ1) is 12.9. The number of hydrogen-bond donors (Lipinski definition) is 1. The number of anilines is 1. The Hall–Kier alpha value is -1.88. The van der Waals surface area contributed by atoms with Crippen molar-refractivity contribution in [3.05, 3.63) is 29.8 Å². The van der Waals surface area contributed by atoms with Crippen molar-refractivity contribution in [3.8, 4) is 0 Å². The number of nitrogens with zero attached hydrogens (tertiary/aromatic N) is 2. The van der Waals surface area contributed by atoms with E-state index < -0.39 is 0 Å². The minimum absolute atomic E-state index is 0.0772. The summed E-state index contributed by atoms with van der Waals surface area (Å²) in [5, 5.41) is 3.27. The quantitative estimate of drug-likeness (QED) is 0.808. The Balaban J connectivity index is 1.47. The van der Waals surface area contributed by atoms with Gasteiger partial charge in [0, 0.05) is 43.5 Å². The van der Waals surface area contributed by atoms with E-state index >= 15 is 0 Å². The van der Waals surface area contributed by atoms with Gasteiger partial charge in [-0.15, -0.1) is 0 Å². The number of piperazine rings is 1. The van der Waals surface area contributed by atoms with Gasteiger partial charge in [-0.05, 0) is 69.7 Å². The smallest absolute Gasteiger partial charge is 0.237 e. The Bertz CT molecular complexity index is 642. The van der Waals surface area contributed by atoms with Gasteiger partial charge in [-0.3, -0.25) is 14.5 Å². The molecule has 1 saturated carbocycles. The van der Waals surface area contributed by atoms with Gasteiger partial charge in [0.1, 0.15) is 0 Å². The number of carbonyl (C=O) groups is 2. The number of benzene rings is 1. The molecule has 1 heterocycles. The van der Waals surface area contributed by atoms with Crippen molar-refractivity contribution < 1.29 is 9.59 Å². The van der Waals surface area contributed by atoms with Crippen LogP contribution in [0.5, 0.6) is 0 Å². The van der Waals surface area contributed by atoms with Gasteiger partial charge < -0.3 is 10.2 Å². The van der Waals surface area contributed by atoms with Crippen molar-refractivity contribution in [3.63, 3.8) is 0 Å². The fourth-order valence-electron chi connectivity index (χ4n) is 4.17. The number of ketones is 1. The molecule has 0 radical (unpaired) electrons. The van der Waals surface area contributed by atoms with Gasteiger partial charge in [-0.2, -0.15) is 0 Å². The maximum Gasteiger partial charge on any atom is 0.237 e. The third-order valence-electron chi connectivity index (χ3n) is 6.24. The normalized spacial score (nSPS) is 25.1. The lowest BCUT2D eigenvalue weighted by atomic mass is 9.87. The summed E-state index contributed by atoms with van der Waals surface area (Å²) in [4.78, 5) is 28.7. The van der Waals surface area contributed by atoms with Crippen molar-refractivity contribution in [2.24, 2.45) is 5.92 Å². The molecule has 1 saturated heterocycles. The van der Waals surface area contributed by atoms with Gasteiger partial charge in [0.05, 0.1) is 6.04 Å². The van der Waals surface area contributed by atoms with Crippen LogP contribution in [0, 0.1) is 5.92 Å². The highest BCUT2D eigenvalue weighted by molar-refractivity contribution is 5.94. The molecule has 5 heteroatoms. The minimum Gasteiger partial charge on any atom is -0.369 e. The number of Topliss-reactive ketones (excluding diaryl/α,β-unsaturated/α-hetero) is 1. The molecule has 2 fully saturated rings. The summed E-state index contributed by atoms with van der Waals surface area (Å²) in [7, 11) is 0. The predicted octanol–water partition coefficient (Wildman–Crippen LogP) is 3.09. The Morgan fingerprint density at radius 3 is 2.15 bits per heavy atom. The molecule has 27 heavy (non-hydrogen) atoms. The van der Waals surface area contributed by atoms with E-state index in [1.54, 1.807) is 6.92 Å². The van der Waals surface area contributed by atoms with Crippen LogP contribution in [-0.4, -0.2) is 54.9 Å². The number of rotatable bonds is 5. The second-order valence-electron chi connectivity index (χ2n) is 8.27. The molecular weight excluding hydrogens is 338 g/mol. The molecule has 1 aliphatic carbocycles. The fraction of sp³-hybridized carbons (Fsp3) is 0.636. The summed E-state index contributed by atoms with van der Waals surface area (Å²) in [6, 6.07) is 8.11. The van der Waals surface area contributed by atoms with Gasteiger partial charge in [0.2, 0.25) is 5.91 Å². The minimum atomic E-state index is -0.0772. The maximum atomic E-state index is 12.6. The van der Waals surface area contributed by atoms with Gasteiger partial charge >= 0.3 is 0 Å². The number of hydrogen-bond acceptors (Lipinski definition) is 4. The largest absolute Gasteiger partial charge is 0.369 e. The zero-order valence-corrected chi connectivity index (χ0v) is 16.9. The van der Waals surface area contributed by atoms with Crippen LogP contribution < -0.4 is 10.2 Å². The van der Waals surface area contributed by atoms with E-state index in [2.05, 4.69) is 22.0 Å². The summed E-state index contributed by atoms with van der Waals surface area (Å²) in [5.41, 5.74) is 1.90. The van der Waals surface area contributed by atoms with Crippen LogP contribution in [0.2, 0.25) is 0 Å². The molecule has 1 aromatic rings. The first kappa shape index (κ1) is 19.9. The summed E-state index contributed by atoms with van der Waals surface area (Å²) >= 11 is 0. The molecular formula is C22H33N3O2. The van der Waals surface area contributed by atoms with E-state index in [0.717, 1.165) is 56.2 Å². The van der Waals surface area contributed by atoms with Gasteiger partial charge in [-0.1, -0.05) is 6.92 Å². The Morgan fingerprint density at radius 1 is 1.00 bits per heavy atom. The van der Waals surface area contributed by atoms with Crippen LogP contribution in [0.15, 0.2) is 24.3 Å². The summed E-state index contributed by atoms with van der Waals surface area (Å²) in [5.74, 6) is 1.07. The highest BCUT2D eigenvalue weighted by atomic mass is 16.2. The van der Waals surface area contributed by atoms with Crippen LogP contribution in [-0.2, 0) is 4.79 Å². The topological polar surface area (TPSA) is 52.7 Å². The molecule has 1 aromatic carbocycles. The van der Waals surface area contributed by atoms with E-state index in [1.807, 2.05) is 31.2 Å². The average molecular weight is 372 g/mol. The van der Waals surface area contributed by atoms with Crippen molar-refractivity contribution in [2.45, 2.75) is 58.5 Å². The van der Waals surface area contributed by atoms with Crippen molar-refractivity contribution in [1.82, 2.24) is 10.2 Å². The molecule has 1 amide bonds. The lowest BCUT2D eigenvalue weighted by Crippen LogP contribution is -2.55. The molecule has 1 atom stereocenters. The lowest BCUT2D eigenvalue weighted by Gasteiger charge is -2.39. The Morgan fingerprint density at radius 2 is 1.59 bits per heavy atom. The third-order valence-corrected chi connectivity index (χ3v) is 6.24. The molecule has 1 N–H and O–H groups in total.